The standard InChI is InChI=1S/C19H21NO8/c1-10-8-13(9-25-11(2)21)27-19(16(10)26-12(3)22)28-20-17(23)14-6-4-5-7-15(14)18(20)24/h4-7,10,13,16,19H,8-9H2,1-3H3/t10?,13-,16+,19?/m0/s1. The molecule has 0 bridgehead atoms. The van der Waals surface area contributed by atoms with Crippen LogP contribution in [0.15, 0.2) is 24.3 Å². The number of hydrogen-bond donors (Lipinski definition) is 0. The smallest absolute Gasteiger partial charge is 0.303 e. The molecule has 2 aliphatic heterocycles. The summed E-state index contributed by atoms with van der Waals surface area (Å²) in [6, 6.07) is 6.33. The van der Waals surface area contributed by atoms with Gasteiger partial charge in [-0.2, -0.15) is 0 Å². The van der Waals surface area contributed by atoms with Gasteiger partial charge in [0.25, 0.3) is 11.8 Å². The molecule has 2 heterocycles. The summed E-state index contributed by atoms with van der Waals surface area (Å²) in [5.41, 5.74) is 0.439. The second-order valence-electron chi connectivity index (χ2n) is 6.77. The van der Waals surface area contributed by atoms with E-state index in [9.17, 15) is 19.2 Å². The van der Waals surface area contributed by atoms with E-state index >= 15 is 0 Å². The molecule has 9 heteroatoms. The third kappa shape index (κ3) is 4.05. The number of rotatable bonds is 5. The van der Waals surface area contributed by atoms with Crippen molar-refractivity contribution in [1.82, 2.24) is 5.06 Å². The molecule has 9 nitrogen and oxygen atoms in total. The molecule has 0 saturated carbocycles. The molecule has 0 aromatic heterocycles. The van der Waals surface area contributed by atoms with Gasteiger partial charge in [0, 0.05) is 19.8 Å². The van der Waals surface area contributed by atoms with Crippen molar-refractivity contribution in [2.45, 2.75) is 45.7 Å². The second-order valence-corrected chi connectivity index (χ2v) is 6.77. The zero-order chi connectivity index (χ0) is 20.4. The van der Waals surface area contributed by atoms with Gasteiger partial charge < -0.3 is 14.2 Å². The fraction of sp³-hybridized carbons (Fsp3) is 0.474. The van der Waals surface area contributed by atoms with Crippen molar-refractivity contribution in [1.29, 1.82) is 0 Å². The van der Waals surface area contributed by atoms with Gasteiger partial charge >= 0.3 is 11.9 Å². The number of hydrogen-bond acceptors (Lipinski definition) is 8. The fourth-order valence-electron chi connectivity index (χ4n) is 3.27. The number of ether oxygens (including phenoxy) is 3. The molecule has 1 saturated heterocycles. The number of amides is 2. The molecule has 2 unspecified atom stereocenters. The van der Waals surface area contributed by atoms with Crippen LogP contribution in [-0.2, 0) is 28.6 Å². The van der Waals surface area contributed by atoms with Crippen molar-refractivity contribution < 1.29 is 38.2 Å². The Morgan fingerprint density at radius 3 is 2.25 bits per heavy atom. The summed E-state index contributed by atoms with van der Waals surface area (Å²) in [5, 5.41) is 0.618. The van der Waals surface area contributed by atoms with Crippen molar-refractivity contribution in [2.75, 3.05) is 6.61 Å². The lowest BCUT2D eigenvalue weighted by atomic mass is 9.94. The van der Waals surface area contributed by atoms with E-state index in [-0.39, 0.29) is 23.7 Å². The fourth-order valence-corrected chi connectivity index (χ4v) is 3.27. The Kier molecular flexibility index (Phi) is 5.76. The Hall–Kier alpha value is -2.78. The zero-order valence-electron chi connectivity index (χ0n) is 15.7. The number of hydroxylamine groups is 2. The summed E-state index contributed by atoms with van der Waals surface area (Å²) in [7, 11) is 0. The van der Waals surface area contributed by atoms with Crippen LogP contribution in [0.5, 0.6) is 0 Å². The average Bonchev–Trinajstić information content (AvgIpc) is 2.88. The van der Waals surface area contributed by atoms with Gasteiger partial charge in [-0.15, -0.1) is 5.06 Å². The van der Waals surface area contributed by atoms with Gasteiger partial charge in [-0.05, 0) is 18.6 Å². The van der Waals surface area contributed by atoms with Crippen LogP contribution in [-0.4, -0.2) is 53.9 Å². The molecule has 3 rings (SSSR count). The van der Waals surface area contributed by atoms with Crippen molar-refractivity contribution in [3.8, 4) is 0 Å². The molecule has 0 radical (unpaired) electrons. The first-order chi connectivity index (χ1) is 13.3. The maximum absolute atomic E-state index is 12.5. The maximum Gasteiger partial charge on any atom is 0.303 e. The van der Waals surface area contributed by atoms with Gasteiger partial charge in [0.15, 0.2) is 6.10 Å². The minimum atomic E-state index is -1.21. The number of esters is 2. The number of nitrogens with zero attached hydrogens (tertiary/aromatic N) is 1. The van der Waals surface area contributed by atoms with Crippen LogP contribution in [0.4, 0.5) is 0 Å². The van der Waals surface area contributed by atoms with E-state index in [0.29, 0.717) is 11.5 Å². The quantitative estimate of drug-likeness (QED) is 0.548. The van der Waals surface area contributed by atoms with Crippen molar-refractivity contribution >= 4 is 23.8 Å². The molecule has 0 N–H and O–H groups in total. The van der Waals surface area contributed by atoms with Crippen LogP contribution in [0.25, 0.3) is 0 Å². The SMILES string of the molecule is CC(=O)OC[C@@H]1CC(C)[C@@H](OC(C)=O)C(ON2C(=O)c3ccccc3C2=O)O1. The lowest BCUT2D eigenvalue weighted by Gasteiger charge is -2.39. The highest BCUT2D eigenvalue weighted by Crippen LogP contribution is 2.31. The van der Waals surface area contributed by atoms with Gasteiger partial charge in [0.1, 0.15) is 6.61 Å². The molecular weight excluding hydrogens is 370 g/mol. The predicted octanol–water partition coefficient (Wildman–Crippen LogP) is 1.46. The Bertz CT molecular complexity index is 772. The van der Waals surface area contributed by atoms with E-state index in [1.165, 1.54) is 26.0 Å². The largest absolute Gasteiger partial charge is 0.463 e. The summed E-state index contributed by atoms with van der Waals surface area (Å²) >= 11 is 0. The molecular formula is C19H21NO8. The third-order valence-corrected chi connectivity index (χ3v) is 4.53. The van der Waals surface area contributed by atoms with Crippen LogP contribution in [0, 0.1) is 5.92 Å². The Balaban J connectivity index is 1.79. The van der Waals surface area contributed by atoms with Crippen LogP contribution >= 0.6 is 0 Å². The summed E-state index contributed by atoms with van der Waals surface area (Å²) in [6.07, 6.45) is -2.15. The molecule has 2 aliphatic rings. The first-order valence-corrected chi connectivity index (χ1v) is 8.88. The summed E-state index contributed by atoms with van der Waals surface area (Å²) in [5.74, 6) is -2.48. The van der Waals surface area contributed by atoms with Crippen LogP contribution in [0.2, 0.25) is 0 Å². The zero-order valence-corrected chi connectivity index (χ0v) is 15.7. The summed E-state index contributed by atoms with van der Waals surface area (Å²) < 4.78 is 16.0. The third-order valence-electron chi connectivity index (χ3n) is 4.53. The number of carbonyl (C=O) groups excluding carboxylic acids is 4. The monoisotopic (exact) mass is 391 g/mol. The van der Waals surface area contributed by atoms with Crippen molar-refractivity contribution in [2.24, 2.45) is 5.92 Å². The van der Waals surface area contributed by atoms with Gasteiger partial charge in [-0.3, -0.25) is 19.2 Å². The second kappa shape index (κ2) is 8.07. The van der Waals surface area contributed by atoms with E-state index in [1.54, 1.807) is 12.1 Å². The van der Waals surface area contributed by atoms with Crippen LogP contribution < -0.4 is 0 Å². The summed E-state index contributed by atoms with van der Waals surface area (Å²) in [4.78, 5) is 53.2. The highest BCUT2D eigenvalue weighted by atomic mass is 16.8. The Labute approximate surface area is 161 Å². The van der Waals surface area contributed by atoms with Gasteiger partial charge in [0.05, 0.1) is 17.2 Å². The predicted molar refractivity (Wildman–Crippen MR) is 92.7 cm³/mol. The molecule has 150 valence electrons. The lowest BCUT2D eigenvalue weighted by Crippen LogP contribution is -2.52. The van der Waals surface area contributed by atoms with Crippen LogP contribution in [0.3, 0.4) is 0 Å². The number of benzene rings is 1. The minimum Gasteiger partial charge on any atom is -0.463 e. The van der Waals surface area contributed by atoms with E-state index in [1.807, 2.05) is 6.92 Å². The van der Waals surface area contributed by atoms with E-state index in [2.05, 4.69) is 0 Å². The van der Waals surface area contributed by atoms with Gasteiger partial charge in [-0.1, -0.05) is 19.1 Å². The van der Waals surface area contributed by atoms with Crippen molar-refractivity contribution in [3.05, 3.63) is 35.4 Å². The molecule has 0 aliphatic carbocycles. The number of imide groups is 1. The van der Waals surface area contributed by atoms with E-state index in [4.69, 9.17) is 19.0 Å². The minimum absolute atomic E-state index is 0.0194. The molecule has 28 heavy (non-hydrogen) atoms. The topological polar surface area (TPSA) is 108 Å². The normalized spacial score (nSPS) is 26.8. The van der Waals surface area contributed by atoms with Gasteiger partial charge in [-0.25, -0.2) is 4.84 Å². The van der Waals surface area contributed by atoms with E-state index in [0.717, 1.165) is 0 Å². The Morgan fingerprint density at radius 2 is 1.71 bits per heavy atom. The first-order valence-electron chi connectivity index (χ1n) is 8.88. The highest BCUT2D eigenvalue weighted by Gasteiger charge is 2.45. The Morgan fingerprint density at radius 1 is 1.11 bits per heavy atom. The summed E-state index contributed by atoms with van der Waals surface area (Å²) in [6.45, 7) is 4.32. The molecule has 1 fully saturated rings. The first kappa shape index (κ1) is 20.0. The van der Waals surface area contributed by atoms with Gasteiger partial charge in [0.2, 0.25) is 6.29 Å². The van der Waals surface area contributed by atoms with Crippen molar-refractivity contribution in [3.63, 3.8) is 0 Å². The molecule has 4 atom stereocenters. The van der Waals surface area contributed by atoms with Crippen LogP contribution in [0.1, 0.15) is 47.9 Å². The number of fused-ring (bicyclic) bond motifs is 1. The molecule has 1 aromatic carbocycles. The lowest BCUT2D eigenvalue weighted by molar-refractivity contribution is -0.312. The highest BCUT2D eigenvalue weighted by molar-refractivity contribution is 6.20. The average molecular weight is 391 g/mol. The number of carbonyl (C=O) groups is 4. The van der Waals surface area contributed by atoms with E-state index < -0.39 is 42.3 Å². The molecule has 2 amide bonds. The molecule has 1 aromatic rings. The maximum atomic E-state index is 12.5. The molecule has 0 spiro atoms.